The number of nitrogens with zero attached hydrogens (tertiary/aromatic N) is 2. The molecule has 2 aromatic rings. The van der Waals surface area contributed by atoms with E-state index in [9.17, 15) is 14.7 Å². The molecule has 1 aliphatic heterocycles. The van der Waals surface area contributed by atoms with E-state index in [1.807, 2.05) is 0 Å². The lowest BCUT2D eigenvalue weighted by molar-refractivity contribution is -0.123. The minimum Gasteiger partial charge on any atom is -0.507 e. The minimum absolute atomic E-state index is 0.0702. The van der Waals surface area contributed by atoms with Gasteiger partial charge in [-0.25, -0.2) is 10.4 Å². The van der Waals surface area contributed by atoms with Gasteiger partial charge in [-0.15, -0.1) is 0 Å². The molecule has 0 unspecified atom stereocenters. The van der Waals surface area contributed by atoms with E-state index >= 15 is 0 Å². The molecule has 0 aliphatic carbocycles. The van der Waals surface area contributed by atoms with Crippen LogP contribution >= 0.6 is 23.2 Å². The molecule has 8 nitrogen and oxygen atoms in total. The quantitative estimate of drug-likeness (QED) is 0.440. The van der Waals surface area contributed by atoms with Gasteiger partial charge in [0.1, 0.15) is 11.8 Å². The maximum atomic E-state index is 12.2. The summed E-state index contributed by atoms with van der Waals surface area (Å²) in [5.74, 6) is -0.676. The predicted molar refractivity (Wildman–Crippen MR) is 108 cm³/mol. The van der Waals surface area contributed by atoms with Crippen molar-refractivity contribution in [2.75, 3.05) is 5.32 Å². The van der Waals surface area contributed by atoms with Crippen molar-refractivity contribution in [1.82, 2.24) is 10.7 Å². The number of nitrogens with one attached hydrogen (secondary N) is 3. The number of amides is 2. The van der Waals surface area contributed by atoms with Crippen LogP contribution in [0.25, 0.3) is 0 Å². The first kappa shape index (κ1) is 19.7. The van der Waals surface area contributed by atoms with Crippen LogP contribution in [0.15, 0.2) is 52.6 Å². The van der Waals surface area contributed by atoms with E-state index in [2.05, 4.69) is 26.2 Å². The fraction of sp³-hybridized carbons (Fsp3) is 0.111. The molecule has 1 aliphatic rings. The maximum Gasteiger partial charge on any atom is 0.252 e. The molecule has 0 bridgehead atoms. The number of carbonyl (C=O) groups excluding carboxylic acids is 2. The number of phenolic OH excluding ortho intramolecular Hbond substituents is 1. The number of benzene rings is 2. The number of guanidine groups is 1. The van der Waals surface area contributed by atoms with Crippen molar-refractivity contribution < 1.29 is 14.7 Å². The van der Waals surface area contributed by atoms with Gasteiger partial charge in [0.15, 0.2) is 0 Å². The van der Waals surface area contributed by atoms with Crippen LogP contribution < -0.4 is 16.1 Å². The lowest BCUT2D eigenvalue weighted by atomic mass is 10.2. The van der Waals surface area contributed by atoms with Gasteiger partial charge in [0.25, 0.3) is 5.91 Å². The third-order valence-electron chi connectivity index (χ3n) is 3.72. The number of carbonyl (C=O) groups is 2. The third-order valence-corrected chi connectivity index (χ3v) is 4.27. The Hall–Kier alpha value is -3.10. The summed E-state index contributed by atoms with van der Waals surface area (Å²) in [5.41, 5.74) is 3.45. The van der Waals surface area contributed by atoms with Crippen LogP contribution in [0.3, 0.4) is 0 Å². The number of hydrazone groups is 1. The molecule has 0 spiro atoms. The molecule has 4 N–H and O–H groups in total. The second kappa shape index (κ2) is 8.73. The van der Waals surface area contributed by atoms with Crippen molar-refractivity contribution in [3.05, 3.63) is 58.1 Å². The molecular formula is C18H15Cl2N5O3. The lowest BCUT2D eigenvalue weighted by Crippen LogP contribution is -2.35. The van der Waals surface area contributed by atoms with E-state index in [0.717, 1.165) is 0 Å². The number of para-hydroxylation sites is 1. The average molecular weight is 420 g/mol. The highest BCUT2D eigenvalue weighted by atomic mass is 35.5. The van der Waals surface area contributed by atoms with E-state index in [-0.39, 0.29) is 18.1 Å². The fourth-order valence-corrected chi connectivity index (χ4v) is 2.82. The van der Waals surface area contributed by atoms with Crippen LogP contribution in [0.4, 0.5) is 5.69 Å². The number of halogens is 2. The van der Waals surface area contributed by atoms with Gasteiger partial charge < -0.3 is 10.4 Å². The maximum absolute atomic E-state index is 12.2. The van der Waals surface area contributed by atoms with Gasteiger partial charge in [0, 0.05) is 10.6 Å². The molecule has 1 heterocycles. The first-order chi connectivity index (χ1) is 13.4. The van der Waals surface area contributed by atoms with Gasteiger partial charge in [-0.05, 0) is 30.3 Å². The van der Waals surface area contributed by atoms with Crippen LogP contribution in [0, 0.1) is 0 Å². The zero-order chi connectivity index (χ0) is 20.1. The van der Waals surface area contributed by atoms with Crippen LogP contribution in [0.1, 0.15) is 12.0 Å². The van der Waals surface area contributed by atoms with Crippen LogP contribution in [-0.2, 0) is 9.59 Å². The molecule has 0 radical (unpaired) electrons. The summed E-state index contributed by atoms with van der Waals surface area (Å²) in [6.07, 6.45) is 1.21. The number of phenols is 1. The Labute approximate surface area is 170 Å². The van der Waals surface area contributed by atoms with Gasteiger partial charge in [0.2, 0.25) is 11.9 Å². The van der Waals surface area contributed by atoms with E-state index in [1.165, 1.54) is 18.3 Å². The van der Waals surface area contributed by atoms with Crippen molar-refractivity contribution in [1.29, 1.82) is 0 Å². The molecule has 0 saturated carbocycles. The van der Waals surface area contributed by atoms with Crippen molar-refractivity contribution in [3.63, 3.8) is 0 Å². The van der Waals surface area contributed by atoms with Gasteiger partial charge >= 0.3 is 0 Å². The molecule has 2 aromatic carbocycles. The zero-order valence-electron chi connectivity index (χ0n) is 14.3. The number of anilines is 1. The van der Waals surface area contributed by atoms with Crippen molar-refractivity contribution in [3.8, 4) is 5.75 Å². The fourth-order valence-electron chi connectivity index (χ4n) is 2.37. The molecule has 0 aromatic heterocycles. The molecule has 0 saturated heterocycles. The molecule has 28 heavy (non-hydrogen) atoms. The SMILES string of the molecule is O=C(C[C@@H]1N=C(N/N=C\c2ccccc2O)NC1=O)Nc1ccc(Cl)cc1Cl. The van der Waals surface area contributed by atoms with Gasteiger partial charge in [0.05, 0.1) is 23.3 Å². The van der Waals surface area contributed by atoms with Gasteiger partial charge in [-0.1, -0.05) is 35.3 Å². The van der Waals surface area contributed by atoms with Gasteiger partial charge in [-0.3, -0.25) is 14.9 Å². The second-order valence-corrected chi connectivity index (χ2v) is 6.63. The Bertz CT molecular complexity index is 977. The minimum atomic E-state index is -0.895. The summed E-state index contributed by atoms with van der Waals surface area (Å²) in [5, 5.41) is 19.4. The highest BCUT2D eigenvalue weighted by molar-refractivity contribution is 6.36. The smallest absolute Gasteiger partial charge is 0.252 e. The molecule has 3 rings (SSSR count). The Morgan fingerprint density at radius 2 is 2.07 bits per heavy atom. The molecule has 144 valence electrons. The Morgan fingerprint density at radius 1 is 1.29 bits per heavy atom. The topological polar surface area (TPSA) is 115 Å². The predicted octanol–water partition coefficient (Wildman–Crippen LogP) is 2.51. The number of hydrogen-bond donors (Lipinski definition) is 4. The standard InChI is InChI=1S/C18H15Cl2N5O3/c19-11-5-6-13(12(20)7-11)22-16(27)8-14-17(28)24-18(23-14)25-21-9-10-3-1-2-4-15(10)26/h1-7,9,14,26H,8H2,(H,22,27)(H2,23,24,25,28)/b21-9-/t14-/m0/s1. The largest absolute Gasteiger partial charge is 0.507 e. The summed E-state index contributed by atoms with van der Waals surface area (Å²) >= 11 is 11.8. The van der Waals surface area contributed by atoms with Crippen LogP contribution in [0.5, 0.6) is 5.75 Å². The lowest BCUT2D eigenvalue weighted by Gasteiger charge is -2.08. The molecule has 1 atom stereocenters. The Morgan fingerprint density at radius 3 is 2.82 bits per heavy atom. The third kappa shape index (κ3) is 4.99. The number of aromatic hydroxyl groups is 1. The summed E-state index contributed by atoms with van der Waals surface area (Å²) in [7, 11) is 0. The van der Waals surface area contributed by atoms with Gasteiger partial charge in [-0.2, -0.15) is 5.10 Å². The Balaban J connectivity index is 1.57. The monoisotopic (exact) mass is 419 g/mol. The van der Waals surface area contributed by atoms with E-state index < -0.39 is 17.9 Å². The summed E-state index contributed by atoms with van der Waals surface area (Å²) < 4.78 is 0. The molecule has 10 heteroatoms. The molecular weight excluding hydrogens is 405 g/mol. The number of aliphatic imine (C=N–C) groups is 1. The van der Waals surface area contributed by atoms with Crippen LogP contribution in [0.2, 0.25) is 10.0 Å². The average Bonchev–Trinajstić information content (AvgIpc) is 2.98. The number of rotatable bonds is 5. The van der Waals surface area contributed by atoms with E-state index in [4.69, 9.17) is 23.2 Å². The van der Waals surface area contributed by atoms with Crippen molar-refractivity contribution >= 4 is 52.9 Å². The van der Waals surface area contributed by atoms with Crippen molar-refractivity contribution in [2.24, 2.45) is 10.1 Å². The zero-order valence-corrected chi connectivity index (χ0v) is 15.8. The normalized spacial score (nSPS) is 16.0. The highest BCUT2D eigenvalue weighted by Crippen LogP contribution is 2.25. The first-order valence-electron chi connectivity index (χ1n) is 8.13. The summed E-state index contributed by atoms with van der Waals surface area (Å²) in [4.78, 5) is 28.2. The summed E-state index contributed by atoms with van der Waals surface area (Å²) in [6, 6.07) is 10.4. The van der Waals surface area contributed by atoms with Crippen molar-refractivity contribution in [2.45, 2.75) is 12.5 Å². The second-order valence-electron chi connectivity index (χ2n) is 5.79. The van der Waals surface area contributed by atoms with E-state index in [0.29, 0.717) is 21.3 Å². The van der Waals surface area contributed by atoms with E-state index in [1.54, 1.807) is 30.3 Å². The molecule has 0 fully saturated rings. The molecule has 2 amide bonds. The first-order valence-corrected chi connectivity index (χ1v) is 8.88. The summed E-state index contributed by atoms with van der Waals surface area (Å²) in [6.45, 7) is 0. The van der Waals surface area contributed by atoms with Crippen LogP contribution in [-0.4, -0.2) is 35.1 Å². The Kier molecular flexibility index (Phi) is 6.13. The highest BCUT2D eigenvalue weighted by Gasteiger charge is 2.28. The number of hydrogen-bond acceptors (Lipinski definition) is 6.